The summed E-state index contributed by atoms with van der Waals surface area (Å²) in [7, 11) is 1.41. The molecule has 2 aromatic carbocycles. The normalized spacial score (nSPS) is 14.5. The minimum atomic E-state index is -1.15. The molecule has 156 valence electrons. The Morgan fingerprint density at radius 3 is 2.53 bits per heavy atom. The number of carbonyl (C=O) groups excluding carboxylic acids is 3. The zero-order valence-electron chi connectivity index (χ0n) is 16.7. The molecule has 0 fully saturated rings. The highest BCUT2D eigenvalue weighted by molar-refractivity contribution is 7.98. The number of amides is 3. The summed E-state index contributed by atoms with van der Waals surface area (Å²) in [5.41, 5.74) is -1.70. The Labute approximate surface area is 176 Å². The lowest BCUT2D eigenvalue weighted by atomic mass is 9.77. The number of anilines is 1. The summed E-state index contributed by atoms with van der Waals surface area (Å²) in [5, 5.41) is 16.5. The van der Waals surface area contributed by atoms with Gasteiger partial charge in [-0.2, -0.15) is 0 Å². The molecule has 0 aliphatic carbocycles. The minimum Gasteiger partial charge on any atom is -0.496 e. The van der Waals surface area contributed by atoms with Gasteiger partial charge in [-0.25, -0.2) is 0 Å². The Hall–Kier alpha value is -3.40. The monoisotopic (exact) mass is 429 g/mol. The highest BCUT2D eigenvalue weighted by atomic mass is 32.2. The number of hydrogen-bond donors (Lipinski definition) is 2. The number of ether oxygens (including phenoxy) is 1. The molecular formula is C20H19N3O6S. The van der Waals surface area contributed by atoms with E-state index < -0.39 is 33.7 Å². The Morgan fingerprint density at radius 1 is 1.23 bits per heavy atom. The van der Waals surface area contributed by atoms with Crippen molar-refractivity contribution in [2.75, 3.05) is 18.7 Å². The number of nitrogens with one attached hydrogen (secondary N) is 2. The highest BCUT2D eigenvalue weighted by Crippen LogP contribution is 2.40. The number of imide groups is 1. The number of thioether (sulfide) groups is 1. The van der Waals surface area contributed by atoms with E-state index in [1.165, 1.54) is 31.0 Å². The standard InChI is InChI=1S/C20H19N3O6S/c1-20(2)12-6-7-13(16(23(27)28)15(12)18(25)22-19(20)26)21-17(24)11-9-10(30-4)5-8-14(11)29-3/h5-9H,1-4H3,(H,21,24)(H,22,25,26). The maximum atomic E-state index is 12.9. The van der Waals surface area contributed by atoms with E-state index in [-0.39, 0.29) is 22.4 Å². The molecule has 0 saturated heterocycles. The maximum Gasteiger partial charge on any atom is 0.305 e. The lowest BCUT2D eigenvalue weighted by Crippen LogP contribution is -2.49. The quantitative estimate of drug-likeness (QED) is 0.323. The van der Waals surface area contributed by atoms with Crippen LogP contribution in [0.5, 0.6) is 5.75 Å². The third-order valence-electron chi connectivity index (χ3n) is 4.96. The van der Waals surface area contributed by atoms with Gasteiger partial charge in [0.05, 0.1) is 23.0 Å². The second-order valence-electron chi connectivity index (χ2n) is 7.07. The van der Waals surface area contributed by atoms with Gasteiger partial charge >= 0.3 is 5.69 Å². The predicted molar refractivity (Wildman–Crippen MR) is 111 cm³/mol. The zero-order valence-corrected chi connectivity index (χ0v) is 17.5. The van der Waals surface area contributed by atoms with Crippen molar-refractivity contribution in [1.82, 2.24) is 5.32 Å². The molecule has 2 aromatic rings. The Bertz CT molecular complexity index is 1100. The number of methoxy groups -OCH3 is 1. The van der Waals surface area contributed by atoms with Gasteiger partial charge in [0, 0.05) is 4.90 Å². The molecule has 0 atom stereocenters. The number of nitro groups is 1. The fourth-order valence-electron chi connectivity index (χ4n) is 3.26. The van der Waals surface area contributed by atoms with Crippen LogP contribution in [0.2, 0.25) is 0 Å². The van der Waals surface area contributed by atoms with Gasteiger partial charge in [-0.3, -0.25) is 29.8 Å². The molecular weight excluding hydrogens is 410 g/mol. The third-order valence-corrected chi connectivity index (χ3v) is 5.68. The zero-order chi connectivity index (χ0) is 22.2. The van der Waals surface area contributed by atoms with E-state index in [0.29, 0.717) is 5.75 Å². The van der Waals surface area contributed by atoms with Crippen molar-refractivity contribution < 1.29 is 24.0 Å². The molecule has 3 rings (SSSR count). The van der Waals surface area contributed by atoms with Crippen molar-refractivity contribution >= 4 is 40.9 Å². The van der Waals surface area contributed by atoms with Crippen molar-refractivity contribution in [2.45, 2.75) is 24.2 Å². The number of nitrogens with zero attached hydrogens (tertiary/aromatic N) is 1. The lowest BCUT2D eigenvalue weighted by molar-refractivity contribution is -0.384. The van der Waals surface area contributed by atoms with Crippen molar-refractivity contribution in [2.24, 2.45) is 0 Å². The number of hydrogen-bond acceptors (Lipinski definition) is 7. The summed E-state index contributed by atoms with van der Waals surface area (Å²) < 4.78 is 5.22. The van der Waals surface area contributed by atoms with Gasteiger partial charge in [0.25, 0.3) is 11.8 Å². The molecule has 1 aliphatic heterocycles. The van der Waals surface area contributed by atoms with Crippen LogP contribution in [0, 0.1) is 10.1 Å². The maximum absolute atomic E-state index is 12.9. The van der Waals surface area contributed by atoms with Crippen LogP contribution < -0.4 is 15.4 Å². The Kier molecular flexibility index (Phi) is 5.53. The fourth-order valence-corrected chi connectivity index (χ4v) is 3.70. The molecule has 2 N–H and O–H groups in total. The van der Waals surface area contributed by atoms with E-state index in [1.807, 2.05) is 6.26 Å². The predicted octanol–water partition coefficient (Wildman–Crippen LogP) is 3.13. The molecule has 10 heteroatoms. The van der Waals surface area contributed by atoms with Gasteiger partial charge in [0.2, 0.25) is 5.91 Å². The molecule has 0 spiro atoms. The van der Waals surface area contributed by atoms with Gasteiger partial charge in [-0.1, -0.05) is 6.07 Å². The van der Waals surface area contributed by atoms with Crippen molar-refractivity contribution in [3.8, 4) is 5.75 Å². The summed E-state index contributed by atoms with van der Waals surface area (Å²) in [4.78, 5) is 49.4. The molecule has 3 amide bonds. The molecule has 1 heterocycles. The first-order valence-electron chi connectivity index (χ1n) is 8.82. The molecule has 0 radical (unpaired) electrons. The number of carbonyl (C=O) groups is 3. The largest absolute Gasteiger partial charge is 0.496 e. The van der Waals surface area contributed by atoms with E-state index in [0.717, 1.165) is 4.90 Å². The molecule has 1 aliphatic rings. The van der Waals surface area contributed by atoms with Gasteiger partial charge in [0.1, 0.15) is 17.0 Å². The third kappa shape index (κ3) is 3.50. The topological polar surface area (TPSA) is 128 Å². The minimum absolute atomic E-state index is 0.152. The summed E-state index contributed by atoms with van der Waals surface area (Å²) in [6.45, 7) is 3.13. The van der Waals surface area contributed by atoms with Crippen LogP contribution in [0.1, 0.15) is 40.1 Å². The number of benzene rings is 2. The van der Waals surface area contributed by atoms with Crippen LogP contribution in [-0.4, -0.2) is 36.0 Å². The molecule has 30 heavy (non-hydrogen) atoms. The second kappa shape index (κ2) is 7.79. The van der Waals surface area contributed by atoms with Crippen molar-refractivity contribution in [3.05, 3.63) is 57.1 Å². The smallest absolute Gasteiger partial charge is 0.305 e. The lowest BCUT2D eigenvalue weighted by Gasteiger charge is -2.30. The molecule has 0 unspecified atom stereocenters. The molecule has 0 bridgehead atoms. The van der Waals surface area contributed by atoms with E-state index in [4.69, 9.17) is 4.74 Å². The van der Waals surface area contributed by atoms with E-state index in [9.17, 15) is 24.5 Å². The number of nitro benzene ring substituents is 1. The Balaban J connectivity index is 2.12. The molecule has 0 saturated carbocycles. The summed E-state index contributed by atoms with van der Waals surface area (Å²) in [6, 6.07) is 7.80. The average molecular weight is 429 g/mol. The Morgan fingerprint density at radius 2 is 1.93 bits per heavy atom. The molecule has 9 nitrogen and oxygen atoms in total. The van der Waals surface area contributed by atoms with Gasteiger partial charge in [-0.05, 0) is 49.9 Å². The van der Waals surface area contributed by atoms with E-state index >= 15 is 0 Å². The van der Waals surface area contributed by atoms with Gasteiger partial charge in [0.15, 0.2) is 0 Å². The van der Waals surface area contributed by atoms with Crippen LogP contribution in [0.4, 0.5) is 11.4 Å². The van der Waals surface area contributed by atoms with E-state index in [1.54, 1.807) is 32.0 Å². The van der Waals surface area contributed by atoms with Crippen LogP contribution in [-0.2, 0) is 10.2 Å². The second-order valence-corrected chi connectivity index (χ2v) is 7.95. The summed E-state index contributed by atoms with van der Waals surface area (Å²) in [5.74, 6) is -1.75. The summed E-state index contributed by atoms with van der Waals surface area (Å²) in [6.07, 6.45) is 1.85. The highest BCUT2D eigenvalue weighted by Gasteiger charge is 2.44. The fraction of sp³-hybridized carbons (Fsp3) is 0.250. The SMILES string of the molecule is COc1ccc(SC)cc1C(=O)Nc1ccc2c(c1[N+](=O)[O-])C(=O)NC(=O)C2(C)C. The molecule has 0 aromatic heterocycles. The van der Waals surface area contributed by atoms with Crippen LogP contribution in [0.3, 0.4) is 0 Å². The van der Waals surface area contributed by atoms with Crippen LogP contribution in [0.25, 0.3) is 0 Å². The first kappa shape index (κ1) is 21.3. The summed E-state index contributed by atoms with van der Waals surface area (Å²) >= 11 is 1.42. The number of fused-ring (bicyclic) bond motifs is 1. The van der Waals surface area contributed by atoms with Gasteiger partial charge < -0.3 is 10.1 Å². The van der Waals surface area contributed by atoms with E-state index in [2.05, 4.69) is 10.6 Å². The van der Waals surface area contributed by atoms with Crippen LogP contribution >= 0.6 is 11.8 Å². The number of rotatable bonds is 5. The van der Waals surface area contributed by atoms with Crippen molar-refractivity contribution in [1.29, 1.82) is 0 Å². The first-order chi connectivity index (χ1) is 14.1. The van der Waals surface area contributed by atoms with Crippen molar-refractivity contribution in [3.63, 3.8) is 0 Å². The first-order valence-corrected chi connectivity index (χ1v) is 10.0. The van der Waals surface area contributed by atoms with Crippen LogP contribution in [0.15, 0.2) is 35.2 Å². The van der Waals surface area contributed by atoms with Gasteiger partial charge in [-0.15, -0.1) is 11.8 Å². The average Bonchev–Trinajstić information content (AvgIpc) is 2.71.